The van der Waals surface area contributed by atoms with Crippen molar-refractivity contribution < 1.29 is 4.74 Å². The Balaban J connectivity index is 2.04. The third-order valence-electron chi connectivity index (χ3n) is 2.15. The summed E-state index contributed by atoms with van der Waals surface area (Å²) in [6.07, 6.45) is 1.43. The highest BCUT2D eigenvalue weighted by molar-refractivity contribution is 9.10. The van der Waals surface area contributed by atoms with Crippen LogP contribution >= 0.6 is 15.9 Å². The van der Waals surface area contributed by atoms with Gasteiger partial charge in [0.15, 0.2) is 0 Å². The van der Waals surface area contributed by atoms with Crippen molar-refractivity contribution >= 4 is 15.9 Å². The topological polar surface area (TPSA) is 21.3 Å². The average Bonchev–Trinajstić information content (AvgIpc) is 2.61. The average molecular weight is 242 g/mol. The molecule has 1 aliphatic heterocycles. The van der Waals surface area contributed by atoms with E-state index in [1.54, 1.807) is 0 Å². The van der Waals surface area contributed by atoms with Crippen LogP contribution in [0.5, 0.6) is 5.75 Å². The van der Waals surface area contributed by atoms with Crippen LogP contribution in [0.4, 0.5) is 0 Å². The Bertz CT molecular complexity index is 284. The van der Waals surface area contributed by atoms with Crippen molar-refractivity contribution in [2.75, 3.05) is 13.1 Å². The molecule has 1 aromatic rings. The molecule has 3 heteroatoms. The first kappa shape index (κ1) is 9.03. The van der Waals surface area contributed by atoms with Crippen LogP contribution < -0.4 is 10.1 Å². The quantitative estimate of drug-likeness (QED) is 0.858. The summed E-state index contributed by atoms with van der Waals surface area (Å²) in [5, 5.41) is 3.27. The number of hydrogen-bond acceptors (Lipinski definition) is 2. The zero-order chi connectivity index (χ0) is 9.10. The lowest BCUT2D eigenvalue weighted by Gasteiger charge is -2.13. The van der Waals surface area contributed by atoms with Crippen molar-refractivity contribution in [2.45, 2.75) is 12.5 Å². The molecule has 0 amide bonds. The maximum Gasteiger partial charge on any atom is 0.133 e. The minimum atomic E-state index is 0.332. The van der Waals surface area contributed by atoms with Crippen LogP contribution in [0.2, 0.25) is 0 Å². The molecule has 1 aromatic carbocycles. The molecule has 1 fully saturated rings. The third kappa shape index (κ3) is 2.23. The zero-order valence-corrected chi connectivity index (χ0v) is 8.88. The molecular formula is C10H12BrNO. The summed E-state index contributed by atoms with van der Waals surface area (Å²) >= 11 is 3.46. The number of ether oxygens (including phenoxy) is 1. The van der Waals surface area contributed by atoms with Crippen LogP contribution in [0.15, 0.2) is 28.7 Å². The fourth-order valence-corrected chi connectivity index (χ4v) is 1.83. The monoisotopic (exact) mass is 241 g/mol. The maximum atomic E-state index is 5.80. The molecule has 0 bridgehead atoms. The number of hydrogen-bond donors (Lipinski definition) is 1. The number of nitrogens with one attached hydrogen (secondary N) is 1. The molecule has 70 valence electrons. The molecule has 13 heavy (non-hydrogen) atoms. The predicted molar refractivity (Wildman–Crippen MR) is 56.0 cm³/mol. The van der Waals surface area contributed by atoms with Gasteiger partial charge in [-0.3, -0.25) is 0 Å². The van der Waals surface area contributed by atoms with Gasteiger partial charge >= 0.3 is 0 Å². The first-order valence-electron chi connectivity index (χ1n) is 4.48. The summed E-state index contributed by atoms with van der Waals surface area (Å²) in [5.41, 5.74) is 0. The van der Waals surface area contributed by atoms with E-state index in [1.165, 1.54) is 0 Å². The van der Waals surface area contributed by atoms with E-state index in [9.17, 15) is 0 Å². The molecule has 1 atom stereocenters. The molecule has 1 saturated heterocycles. The molecular weight excluding hydrogens is 230 g/mol. The van der Waals surface area contributed by atoms with Crippen LogP contribution in [0, 0.1) is 0 Å². The molecule has 1 aliphatic rings. The lowest BCUT2D eigenvalue weighted by atomic mass is 10.3. The highest BCUT2D eigenvalue weighted by Gasteiger charge is 2.16. The molecule has 0 spiro atoms. The molecule has 0 aliphatic carbocycles. The molecule has 1 heterocycles. The summed E-state index contributed by atoms with van der Waals surface area (Å²) in [4.78, 5) is 0. The first-order valence-corrected chi connectivity index (χ1v) is 5.27. The summed E-state index contributed by atoms with van der Waals surface area (Å²) < 4.78 is 6.83. The largest absolute Gasteiger partial charge is 0.488 e. The zero-order valence-electron chi connectivity index (χ0n) is 7.29. The van der Waals surface area contributed by atoms with E-state index in [4.69, 9.17) is 4.74 Å². The van der Waals surface area contributed by atoms with E-state index in [2.05, 4.69) is 21.2 Å². The van der Waals surface area contributed by atoms with Crippen molar-refractivity contribution in [3.63, 3.8) is 0 Å². The summed E-state index contributed by atoms with van der Waals surface area (Å²) in [5.74, 6) is 0.941. The maximum absolute atomic E-state index is 5.80. The van der Waals surface area contributed by atoms with E-state index in [-0.39, 0.29) is 0 Å². The van der Waals surface area contributed by atoms with Gasteiger partial charge in [0, 0.05) is 6.54 Å². The standard InChI is InChI=1S/C10H12BrNO/c11-9-3-1-2-4-10(9)13-8-5-6-12-7-8/h1-4,8,12H,5-7H2. The minimum Gasteiger partial charge on any atom is -0.488 e. The van der Waals surface area contributed by atoms with Crippen molar-refractivity contribution in [3.05, 3.63) is 28.7 Å². The van der Waals surface area contributed by atoms with Gasteiger partial charge in [0.2, 0.25) is 0 Å². The van der Waals surface area contributed by atoms with Gasteiger partial charge in [-0.25, -0.2) is 0 Å². The number of rotatable bonds is 2. The predicted octanol–water partition coefficient (Wildman–Crippen LogP) is 2.19. The Hall–Kier alpha value is -0.540. The fourth-order valence-electron chi connectivity index (χ4n) is 1.45. The third-order valence-corrected chi connectivity index (χ3v) is 2.80. The second kappa shape index (κ2) is 4.11. The lowest BCUT2D eigenvalue weighted by molar-refractivity contribution is 0.221. The molecule has 2 nitrogen and oxygen atoms in total. The van der Waals surface area contributed by atoms with Crippen molar-refractivity contribution in [1.29, 1.82) is 0 Å². The van der Waals surface area contributed by atoms with Gasteiger partial charge < -0.3 is 10.1 Å². The van der Waals surface area contributed by atoms with Gasteiger partial charge in [0.1, 0.15) is 11.9 Å². The van der Waals surface area contributed by atoms with Crippen LogP contribution in [0.1, 0.15) is 6.42 Å². The van der Waals surface area contributed by atoms with E-state index < -0.39 is 0 Å². The minimum absolute atomic E-state index is 0.332. The highest BCUT2D eigenvalue weighted by Crippen LogP contribution is 2.25. The Morgan fingerprint density at radius 1 is 1.38 bits per heavy atom. The van der Waals surface area contributed by atoms with Gasteiger partial charge in [-0.1, -0.05) is 12.1 Å². The van der Waals surface area contributed by atoms with Gasteiger partial charge in [0.25, 0.3) is 0 Å². The molecule has 2 rings (SSSR count). The molecule has 1 unspecified atom stereocenters. The van der Waals surface area contributed by atoms with Crippen molar-refractivity contribution in [2.24, 2.45) is 0 Å². The van der Waals surface area contributed by atoms with Crippen LogP contribution in [0.3, 0.4) is 0 Å². The normalized spacial score (nSPS) is 21.8. The van der Waals surface area contributed by atoms with Crippen LogP contribution in [0.25, 0.3) is 0 Å². The Kier molecular flexibility index (Phi) is 2.86. The lowest BCUT2D eigenvalue weighted by Crippen LogP contribution is -2.19. The summed E-state index contributed by atoms with van der Waals surface area (Å²) in [6, 6.07) is 7.96. The van der Waals surface area contributed by atoms with Gasteiger partial charge in [-0.2, -0.15) is 0 Å². The first-order chi connectivity index (χ1) is 6.36. The smallest absolute Gasteiger partial charge is 0.133 e. The Labute approximate surface area is 86.4 Å². The van der Waals surface area contributed by atoms with E-state index >= 15 is 0 Å². The SMILES string of the molecule is Brc1ccccc1OC1CCNC1. The van der Waals surface area contributed by atoms with Crippen molar-refractivity contribution in [1.82, 2.24) is 5.32 Å². The van der Waals surface area contributed by atoms with E-state index in [1.807, 2.05) is 24.3 Å². The van der Waals surface area contributed by atoms with Gasteiger partial charge in [-0.05, 0) is 41.0 Å². The van der Waals surface area contributed by atoms with Crippen LogP contribution in [-0.4, -0.2) is 19.2 Å². The second-order valence-corrected chi connectivity index (χ2v) is 4.02. The van der Waals surface area contributed by atoms with E-state index in [0.29, 0.717) is 6.10 Å². The number of halogens is 1. The summed E-state index contributed by atoms with van der Waals surface area (Å²) in [7, 11) is 0. The number of benzene rings is 1. The van der Waals surface area contributed by atoms with Gasteiger partial charge in [0.05, 0.1) is 4.47 Å². The van der Waals surface area contributed by atoms with Crippen LogP contribution in [-0.2, 0) is 0 Å². The molecule has 0 saturated carbocycles. The molecule has 1 N–H and O–H groups in total. The Morgan fingerprint density at radius 2 is 2.23 bits per heavy atom. The second-order valence-electron chi connectivity index (χ2n) is 3.16. The Morgan fingerprint density at radius 3 is 2.92 bits per heavy atom. The van der Waals surface area contributed by atoms with Crippen molar-refractivity contribution in [3.8, 4) is 5.75 Å². The summed E-state index contributed by atoms with van der Waals surface area (Å²) in [6.45, 7) is 2.02. The molecule has 0 aromatic heterocycles. The molecule has 0 radical (unpaired) electrons. The fraction of sp³-hybridized carbons (Fsp3) is 0.400. The number of para-hydroxylation sites is 1. The van der Waals surface area contributed by atoms with E-state index in [0.717, 1.165) is 29.7 Å². The highest BCUT2D eigenvalue weighted by atomic mass is 79.9. The van der Waals surface area contributed by atoms with Gasteiger partial charge in [-0.15, -0.1) is 0 Å².